The molecule has 0 fully saturated rings. The van der Waals surface area contributed by atoms with E-state index >= 15 is 0 Å². The van der Waals surface area contributed by atoms with E-state index in [9.17, 15) is 4.79 Å². The molecule has 0 bridgehead atoms. The third kappa shape index (κ3) is 2.09. The molecule has 0 aliphatic heterocycles. The number of hydrogen-bond donors (Lipinski definition) is 1. The molecular weight excluding hydrogens is 180 g/mol. The molecule has 4 heteroatoms. The summed E-state index contributed by atoms with van der Waals surface area (Å²) >= 11 is 0. The fraction of sp³-hybridized carbons (Fsp3) is 0.400. The SMILES string of the molecule is COc1cc(C)c(C(N)C(C)=O)cn1. The first-order valence-corrected chi connectivity index (χ1v) is 4.33. The monoisotopic (exact) mass is 194 g/mol. The normalized spacial score (nSPS) is 12.3. The number of carbonyl (C=O) groups is 1. The van der Waals surface area contributed by atoms with Gasteiger partial charge in [0.25, 0.3) is 0 Å². The van der Waals surface area contributed by atoms with Crippen molar-refractivity contribution in [3.63, 3.8) is 0 Å². The fourth-order valence-corrected chi connectivity index (χ4v) is 1.20. The zero-order valence-electron chi connectivity index (χ0n) is 8.57. The van der Waals surface area contributed by atoms with Gasteiger partial charge in [-0.1, -0.05) is 0 Å². The van der Waals surface area contributed by atoms with E-state index in [1.54, 1.807) is 19.4 Å². The Morgan fingerprint density at radius 1 is 1.64 bits per heavy atom. The van der Waals surface area contributed by atoms with E-state index in [-0.39, 0.29) is 5.78 Å². The molecule has 0 radical (unpaired) electrons. The molecule has 0 aliphatic rings. The summed E-state index contributed by atoms with van der Waals surface area (Å²) in [4.78, 5) is 15.1. The van der Waals surface area contributed by atoms with E-state index in [2.05, 4.69) is 4.98 Å². The molecule has 1 unspecified atom stereocenters. The second kappa shape index (κ2) is 4.19. The Labute approximate surface area is 83.1 Å². The standard InChI is InChI=1S/C10H14N2O2/c1-6-4-9(14-3)12-5-8(6)10(11)7(2)13/h4-5,10H,11H2,1-3H3. The van der Waals surface area contributed by atoms with Crippen LogP contribution in [0, 0.1) is 6.92 Å². The quantitative estimate of drug-likeness (QED) is 0.779. The maximum atomic E-state index is 11.1. The van der Waals surface area contributed by atoms with Crippen LogP contribution in [0.15, 0.2) is 12.3 Å². The number of nitrogens with two attached hydrogens (primary N) is 1. The molecule has 76 valence electrons. The van der Waals surface area contributed by atoms with Crippen molar-refractivity contribution in [2.45, 2.75) is 19.9 Å². The number of ketones is 1. The summed E-state index contributed by atoms with van der Waals surface area (Å²) in [5, 5.41) is 0. The Kier molecular flexibility index (Phi) is 3.19. The molecule has 1 aromatic rings. The smallest absolute Gasteiger partial charge is 0.213 e. The number of carbonyl (C=O) groups excluding carboxylic acids is 1. The molecule has 0 aromatic carbocycles. The van der Waals surface area contributed by atoms with E-state index in [4.69, 9.17) is 10.5 Å². The van der Waals surface area contributed by atoms with Crippen LogP contribution in [-0.2, 0) is 4.79 Å². The van der Waals surface area contributed by atoms with Gasteiger partial charge in [-0.25, -0.2) is 4.98 Å². The Morgan fingerprint density at radius 2 is 2.29 bits per heavy atom. The van der Waals surface area contributed by atoms with Crippen molar-refractivity contribution in [2.75, 3.05) is 7.11 Å². The van der Waals surface area contributed by atoms with Crippen molar-refractivity contribution in [3.05, 3.63) is 23.4 Å². The van der Waals surface area contributed by atoms with E-state index in [1.807, 2.05) is 6.92 Å². The maximum Gasteiger partial charge on any atom is 0.213 e. The topological polar surface area (TPSA) is 65.2 Å². The molecule has 4 nitrogen and oxygen atoms in total. The number of nitrogens with zero attached hydrogens (tertiary/aromatic N) is 1. The first-order valence-electron chi connectivity index (χ1n) is 4.33. The molecule has 0 amide bonds. The Balaban J connectivity index is 3.05. The first-order chi connectivity index (χ1) is 6.56. The summed E-state index contributed by atoms with van der Waals surface area (Å²) < 4.78 is 4.95. The van der Waals surface area contributed by atoms with E-state index in [0.29, 0.717) is 5.88 Å². The van der Waals surface area contributed by atoms with Gasteiger partial charge in [-0.3, -0.25) is 4.79 Å². The van der Waals surface area contributed by atoms with Crippen LogP contribution in [0.4, 0.5) is 0 Å². The van der Waals surface area contributed by atoms with Gasteiger partial charge in [0.2, 0.25) is 5.88 Å². The lowest BCUT2D eigenvalue weighted by atomic mass is 10.0. The minimum absolute atomic E-state index is 0.0694. The molecule has 1 atom stereocenters. The molecule has 1 aromatic heterocycles. The van der Waals surface area contributed by atoms with Gasteiger partial charge in [-0.2, -0.15) is 0 Å². The van der Waals surface area contributed by atoms with Crippen LogP contribution in [0.2, 0.25) is 0 Å². The van der Waals surface area contributed by atoms with Crippen LogP contribution < -0.4 is 10.5 Å². The number of pyridine rings is 1. The van der Waals surface area contributed by atoms with Gasteiger partial charge in [0, 0.05) is 12.3 Å². The average molecular weight is 194 g/mol. The van der Waals surface area contributed by atoms with E-state index < -0.39 is 6.04 Å². The van der Waals surface area contributed by atoms with Gasteiger partial charge < -0.3 is 10.5 Å². The molecule has 2 N–H and O–H groups in total. The molecule has 14 heavy (non-hydrogen) atoms. The van der Waals surface area contributed by atoms with E-state index in [0.717, 1.165) is 11.1 Å². The highest BCUT2D eigenvalue weighted by atomic mass is 16.5. The molecule has 0 saturated carbocycles. The second-order valence-electron chi connectivity index (χ2n) is 3.17. The Hall–Kier alpha value is -1.42. The molecule has 0 saturated heterocycles. The largest absolute Gasteiger partial charge is 0.481 e. The van der Waals surface area contributed by atoms with Crippen molar-refractivity contribution in [1.29, 1.82) is 0 Å². The lowest BCUT2D eigenvalue weighted by Gasteiger charge is -2.11. The van der Waals surface area contributed by atoms with Crippen LogP contribution in [0.1, 0.15) is 24.1 Å². The minimum atomic E-state index is -0.589. The maximum absolute atomic E-state index is 11.1. The Bertz CT molecular complexity index is 350. The average Bonchev–Trinajstić information content (AvgIpc) is 2.16. The zero-order chi connectivity index (χ0) is 10.7. The highest BCUT2D eigenvalue weighted by molar-refractivity contribution is 5.82. The third-order valence-electron chi connectivity index (χ3n) is 2.11. The van der Waals surface area contributed by atoms with Gasteiger partial charge in [-0.15, -0.1) is 0 Å². The van der Waals surface area contributed by atoms with Gasteiger partial charge in [0.1, 0.15) is 0 Å². The van der Waals surface area contributed by atoms with Crippen molar-refractivity contribution in [1.82, 2.24) is 4.98 Å². The van der Waals surface area contributed by atoms with Gasteiger partial charge >= 0.3 is 0 Å². The first kappa shape index (κ1) is 10.7. The molecule has 0 aliphatic carbocycles. The van der Waals surface area contributed by atoms with Crippen LogP contribution in [0.25, 0.3) is 0 Å². The number of Topliss-reactive ketones (excluding diaryl/α,β-unsaturated/α-hetero) is 1. The highest BCUT2D eigenvalue weighted by Crippen LogP contribution is 2.18. The van der Waals surface area contributed by atoms with Gasteiger partial charge in [0.05, 0.1) is 13.2 Å². The number of aryl methyl sites for hydroxylation is 1. The lowest BCUT2D eigenvalue weighted by molar-refractivity contribution is -0.118. The van der Waals surface area contributed by atoms with E-state index in [1.165, 1.54) is 6.92 Å². The van der Waals surface area contributed by atoms with Gasteiger partial charge in [0.15, 0.2) is 5.78 Å². The van der Waals surface area contributed by atoms with Crippen LogP contribution in [0.5, 0.6) is 5.88 Å². The molecule has 0 spiro atoms. The summed E-state index contributed by atoms with van der Waals surface area (Å²) in [5.74, 6) is 0.460. The van der Waals surface area contributed by atoms with Crippen LogP contribution in [0.3, 0.4) is 0 Å². The summed E-state index contributed by atoms with van der Waals surface area (Å²) in [5.41, 5.74) is 7.36. The van der Waals surface area contributed by atoms with Crippen LogP contribution in [-0.4, -0.2) is 17.9 Å². The van der Waals surface area contributed by atoms with Crippen molar-refractivity contribution in [3.8, 4) is 5.88 Å². The fourth-order valence-electron chi connectivity index (χ4n) is 1.20. The Morgan fingerprint density at radius 3 is 2.71 bits per heavy atom. The number of aromatic nitrogens is 1. The predicted octanol–water partition coefficient (Wildman–Crippen LogP) is 0.987. The zero-order valence-corrected chi connectivity index (χ0v) is 8.57. The molecule has 1 rings (SSSR count). The van der Waals surface area contributed by atoms with Crippen LogP contribution >= 0.6 is 0 Å². The number of methoxy groups -OCH3 is 1. The number of rotatable bonds is 3. The minimum Gasteiger partial charge on any atom is -0.481 e. The van der Waals surface area contributed by atoms with Crippen molar-refractivity contribution >= 4 is 5.78 Å². The summed E-state index contributed by atoms with van der Waals surface area (Å²) in [6.07, 6.45) is 1.58. The van der Waals surface area contributed by atoms with Gasteiger partial charge in [-0.05, 0) is 25.0 Å². The van der Waals surface area contributed by atoms with Crippen molar-refractivity contribution in [2.24, 2.45) is 5.73 Å². The predicted molar refractivity (Wildman–Crippen MR) is 53.1 cm³/mol. The molecular formula is C10H14N2O2. The second-order valence-corrected chi connectivity index (χ2v) is 3.17. The van der Waals surface area contributed by atoms with Crippen molar-refractivity contribution < 1.29 is 9.53 Å². The lowest BCUT2D eigenvalue weighted by Crippen LogP contribution is -2.19. The number of ether oxygens (including phenoxy) is 1. The summed E-state index contributed by atoms with van der Waals surface area (Å²) in [6, 6.07) is 1.17. The third-order valence-corrected chi connectivity index (χ3v) is 2.11. The summed E-state index contributed by atoms with van der Waals surface area (Å²) in [6.45, 7) is 3.34. The highest BCUT2D eigenvalue weighted by Gasteiger charge is 2.14. The molecule has 1 heterocycles. The number of hydrogen-bond acceptors (Lipinski definition) is 4. The summed E-state index contributed by atoms with van der Waals surface area (Å²) in [7, 11) is 1.55.